The van der Waals surface area contributed by atoms with Crippen molar-refractivity contribution in [3.8, 4) is 0 Å². The van der Waals surface area contributed by atoms with E-state index in [-0.39, 0.29) is 11.2 Å². The summed E-state index contributed by atoms with van der Waals surface area (Å²) >= 11 is 7.03. The number of carbonyl (C=O) groups is 1. The molecule has 1 atom stereocenters. The van der Waals surface area contributed by atoms with E-state index in [9.17, 15) is 4.79 Å². The zero-order valence-electron chi connectivity index (χ0n) is 13.3. The van der Waals surface area contributed by atoms with Gasteiger partial charge in [-0.15, -0.1) is 11.8 Å². The van der Waals surface area contributed by atoms with Crippen LogP contribution in [0.1, 0.15) is 41.0 Å². The number of carbonyl (C=O) groups excluding carboxylic acids is 1. The van der Waals surface area contributed by atoms with E-state index >= 15 is 0 Å². The molecule has 2 heterocycles. The number of hydrogen-bond acceptors (Lipinski definition) is 4. The highest BCUT2D eigenvalue weighted by Crippen LogP contribution is 2.39. The smallest absolute Gasteiger partial charge is 0.237 e. The topological polar surface area (TPSA) is 62.7 Å². The normalized spacial score (nSPS) is 19.8. The van der Waals surface area contributed by atoms with Crippen molar-refractivity contribution < 1.29 is 4.79 Å². The van der Waals surface area contributed by atoms with Crippen molar-refractivity contribution in [1.82, 2.24) is 20.1 Å². The second-order valence-corrected chi connectivity index (χ2v) is 7.90. The lowest BCUT2D eigenvalue weighted by Crippen LogP contribution is -2.32. The Hall–Kier alpha value is -1.60. The van der Waals surface area contributed by atoms with Gasteiger partial charge in [0.1, 0.15) is 11.1 Å². The molecule has 4 rings (SSSR count). The van der Waals surface area contributed by atoms with Gasteiger partial charge < -0.3 is 9.88 Å². The number of amides is 1. The minimum absolute atomic E-state index is 0.0927. The Morgan fingerprint density at radius 3 is 3.08 bits per heavy atom. The highest BCUT2D eigenvalue weighted by atomic mass is 32.2. The SMILES string of the molecule is O=C(NCCn1c(C2CC2)n[nH]c1=S)C1SCCc2ccccc21. The van der Waals surface area contributed by atoms with E-state index in [4.69, 9.17) is 12.2 Å². The summed E-state index contributed by atoms with van der Waals surface area (Å²) in [6.07, 6.45) is 3.41. The van der Waals surface area contributed by atoms with Crippen LogP contribution < -0.4 is 5.32 Å². The van der Waals surface area contributed by atoms with Crippen LogP contribution in [0.25, 0.3) is 0 Å². The third kappa shape index (κ3) is 3.15. The lowest BCUT2D eigenvalue weighted by molar-refractivity contribution is -0.120. The van der Waals surface area contributed by atoms with E-state index in [0.29, 0.717) is 23.8 Å². The first-order valence-corrected chi connectivity index (χ1v) is 9.82. The zero-order chi connectivity index (χ0) is 16.5. The third-order valence-corrected chi connectivity index (χ3v) is 6.15. The van der Waals surface area contributed by atoms with E-state index in [1.807, 2.05) is 16.7 Å². The summed E-state index contributed by atoms with van der Waals surface area (Å²) in [6, 6.07) is 8.26. The average molecular weight is 361 g/mol. The monoisotopic (exact) mass is 360 g/mol. The first-order chi connectivity index (χ1) is 11.7. The fraction of sp³-hybridized carbons (Fsp3) is 0.471. The van der Waals surface area contributed by atoms with Crippen molar-refractivity contribution in [3.05, 3.63) is 46.0 Å². The molecule has 2 aliphatic rings. The number of aromatic nitrogens is 3. The van der Waals surface area contributed by atoms with Gasteiger partial charge >= 0.3 is 0 Å². The van der Waals surface area contributed by atoms with Gasteiger partial charge in [-0.05, 0) is 48.4 Å². The molecule has 7 heteroatoms. The highest BCUT2D eigenvalue weighted by molar-refractivity contribution is 8.00. The van der Waals surface area contributed by atoms with Crippen LogP contribution in [-0.4, -0.2) is 33.0 Å². The summed E-state index contributed by atoms with van der Waals surface area (Å²) in [5, 5.41) is 10.2. The van der Waals surface area contributed by atoms with Crippen molar-refractivity contribution in [2.75, 3.05) is 12.3 Å². The molecule has 1 fully saturated rings. The molecular weight excluding hydrogens is 340 g/mol. The van der Waals surface area contributed by atoms with Crippen LogP contribution in [-0.2, 0) is 17.8 Å². The molecule has 24 heavy (non-hydrogen) atoms. The summed E-state index contributed by atoms with van der Waals surface area (Å²) in [5.74, 6) is 2.66. The van der Waals surface area contributed by atoms with Gasteiger partial charge in [0.25, 0.3) is 0 Å². The van der Waals surface area contributed by atoms with Crippen molar-refractivity contribution in [2.45, 2.75) is 37.0 Å². The summed E-state index contributed by atoms with van der Waals surface area (Å²) in [6.45, 7) is 1.25. The molecule has 1 aliphatic heterocycles. The van der Waals surface area contributed by atoms with Crippen LogP contribution in [0.4, 0.5) is 0 Å². The Bertz CT molecular complexity index is 809. The Morgan fingerprint density at radius 1 is 1.42 bits per heavy atom. The largest absolute Gasteiger partial charge is 0.353 e. The Labute approximate surface area is 150 Å². The van der Waals surface area contributed by atoms with Gasteiger partial charge in [0.2, 0.25) is 5.91 Å². The molecule has 2 N–H and O–H groups in total. The summed E-state index contributed by atoms with van der Waals surface area (Å²) in [7, 11) is 0. The van der Waals surface area contributed by atoms with Gasteiger partial charge in [-0.1, -0.05) is 24.3 Å². The molecule has 0 radical (unpaired) electrons. The first kappa shape index (κ1) is 15.9. The molecule has 0 spiro atoms. The fourth-order valence-electron chi connectivity index (χ4n) is 3.19. The summed E-state index contributed by atoms with van der Waals surface area (Å²) < 4.78 is 2.67. The van der Waals surface area contributed by atoms with E-state index < -0.39 is 0 Å². The highest BCUT2D eigenvalue weighted by Gasteiger charge is 2.29. The van der Waals surface area contributed by atoms with Crippen LogP contribution >= 0.6 is 24.0 Å². The minimum Gasteiger partial charge on any atom is -0.353 e. The molecule has 0 saturated heterocycles. The van der Waals surface area contributed by atoms with E-state index in [2.05, 4.69) is 27.6 Å². The number of nitrogens with zero attached hydrogens (tertiary/aromatic N) is 2. The number of fused-ring (bicyclic) bond motifs is 1. The lowest BCUT2D eigenvalue weighted by Gasteiger charge is -2.24. The standard InChI is InChI=1S/C17H20N4OS2/c22-16(14-13-4-2-1-3-11(13)7-10-24-14)18-8-9-21-15(12-5-6-12)19-20-17(21)23/h1-4,12,14H,5-10H2,(H,18,22)(H,20,23). The maximum Gasteiger partial charge on any atom is 0.237 e. The van der Waals surface area contributed by atoms with Gasteiger partial charge in [-0.3, -0.25) is 9.89 Å². The molecule has 1 saturated carbocycles. The van der Waals surface area contributed by atoms with Crippen molar-refractivity contribution in [2.24, 2.45) is 0 Å². The average Bonchev–Trinajstić information content (AvgIpc) is 3.39. The molecular formula is C17H20N4OS2. The fourth-order valence-corrected chi connectivity index (χ4v) is 4.64. The van der Waals surface area contributed by atoms with Gasteiger partial charge in [0, 0.05) is 19.0 Å². The summed E-state index contributed by atoms with van der Waals surface area (Å²) in [5.41, 5.74) is 2.45. The molecule has 1 unspecified atom stereocenters. The van der Waals surface area contributed by atoms with Crippen LogP contribution in [0.3, 0.4) is 0 Å². The number of thioether (sulfide) groups is 1. The molecule has 1 amide bonds. The van der Waals surface area contributed by atoms with E-state index in [1.165, 1.54) is 18.4 Å². The quantitative estimate of drug-likeness (QED) is 0.805. The number of benzene rings is 1. The molecule has 0 bridgehead atoms. The second kappa shape index (κ2) is 6.72. The zero-order valence-corrected chi connectivity index (χ0v) is 15.0. The Balaban J connectivity index is 1.40. The van der Waals surface area contributed by atoms with E-state index in [0.717, 1.165) is 23.6 Å². The third-order valence-electron chi connectivity index (χ3n) is 4.60. The van der Waals surface area contributed by atoms with Crippen molar-refractivity contribution in [3.63, 3.8) is 0 Å². The van der Waals surface area contributed by atoms with Gasteiger partial charge in [0.05, 0.1) is 0 Å². The minimum atomic E-state index is -0.102. The Morgan fingerprint density at radius 2 is 2.25 bits per heavy atom. The predicted molar refractivity (Wildman–Crippen MR) is 97.7 cm³/mol. The van der Waals surface area contributed by atoms with Crippen LogP contribution in [0.5, 0.6) is 0 Å². The van der Waals surface area contributed by atoms with Crippen molar-refractivity contribution >= 4 is 29.9 Å². The number of H-pyrrole nitrogens is 1. The first-order valence-electron chi connectivity index (χ1n) is 8.36. The van der Waals surface area contributed by atoms with Gasteiger partial charge in [-0.2, -0.15) is 5.10 Å². The van der Waals surface area contributed by atoms with Crippen LogP contribution in [0.2, 0.25) is 0 Å². The number of hydrogen-bond donors (Lipinski definition) is 2. The number of aryl methyl sites for hydroxylation is 1. The number of aromatic amines is 1. The van der Waals surface area contributed by atoms with Crippen LogP contribution in [0.15, 0.2) is 24.3 Å². The molecule has 2 aromatic rings. The summed E-state index contributed by atoms with van der Waals surface area (Å²) in [4.78, 5) is 12.6. The number of rotatable bonds is 5. The van der Waals surface area contributed by atoms with Gasteiger partial charge in [-0.25, -0.2) is 0 Å². The van der Waals surface area contributed by atoms with Gasteiger partial charge in [0.15, 0.2) is 4.77 Å². The molecule has 5 nitrogen and oxygen atoms in total. The number of nitrogens with one attached hydrogen (secondary N) is 2. The molecule has 1 aliphatic carbocycles. The lowest BCUT2D eigenvalue weighted by atomic mass is 10.0. The maximum atomic E-state index is 12.6. The second-order valence-electron chi connectivity index (χ2n) is 6.30. The Kier molecular flexibility index (Phi) is 4.45. The van der Waals surface area contributed by atoms with E-state index in [1.54, 1.807) is 11.8 Å². The van der Waals surface area contributed by atoms with Crippen LogP contribution in [0, 0.1) is 4.77 Å². The molecule has 1 aromatic heterocycles. The predicted octanol–water partition coefficient (Wildman–Crippen LogP) is 2.96. The molecule has 126 valence electrons. The molecule has 1 aromatic carbocycles. The maximum absolute atomic E-state index is 12.6. The van der Waals surface area contributed by atoms with Crippen molar-refractivity contribution in [1.29, 1.82) is 0 Å².